The van der Waals surface area contributed by atoms with Gasteiger partial charge in [-0.25, -0.2) is 4.98 Å². The number of alkyl halides is 3. The lowest BCUT2D eigenvalue weighted by Crippen LogP contribution is -2.30. The number of hydrogen-bond acceptors (Lipinski definition) is 4. The smallest absolute Gasteiger partial charge is 0.417 e. The first-order valence-corrected chi connectivity index (χ1v) is 7.72. The van der Waals surface area contributed by atoms with Gasteiger partial charge in [-0.3, -0.25) is 4.79 Å². The highest BCUT2D eigenvalue weighted by molar-refractivity contribution is 8.00. The van der Waals surface area contributed by atoms with Crippen LogP contribution in [0.25, 0.3) is 0 Å². The first-order chi connectivity index (χ1) is 10.8. The molecule has 0 bridgehead atoms. The predicted molar refractivity (Wildman–Crippen MR) is 80.1 cm³/mol. The number of amides is 1. The maximum absolute atomic E-state index is 12.5. The van der Waals surface area contributed by atoms with Crippen molar-refractivity contribution in [3.8, 4) is 0 Å². The van der Waals surface area contributed by atoms with Crippen LogP contribution in [0.1, 0.15) is 18.2 Å². The van der Waals surface area contributed by atoms with Gasteiger partial charge in [-0.1, -0.05) is 23.4 Å². The van der Waals surface area contributed by atoms with E-state index in [0.29, 0.717) is 12.0 Å². The Labute approximate surface area is 139 Å². The first-order valence-electron chi connectivity index (χ1n) is 6.47. The Morgan fingerprint density at radius 3 is 2.83 bits per heavy atom. The van der Waals surface area contributed by atoms with E-state index in [1.165, 1.54) is 6.26 Å². The first kappa shape index (κ1) is 17.7. The number of nitrogens with zero attached hydrogens (tertiary/aromatic N) is 1. The van der Waals surface area contributed by atoms with Gasteiger partial charge in [0.1, 0.15) is 10.8 Å². The number of thioether (sulfide) groups is 1. The van der Waals surface area contributed by atoms with Crippen molar-refractivity contribution in [3.63, 3.8) is 0 Å². The monoisotopic (exact) mass is 364 g/mol. The maximum Gasteiger partial charge on any atom is 0.417 e. The largest absolute Gasteiger partial charge is 0.467 e. The van der Waals surface area contributed by atoms with Crippen molar-refractivity contribution in [2.45, 2.75) is 29.9 Å². The Balaban J connectivity index is 1.96. The number of aromatic nitrogens is 1. The Bertz CT molecular complexity index is 677. The SMILES string of the molecule is C[C@@H](Sc1ncc(C(F)(F)F)cc1Cl)C(=O)NCc1ccco1. The molecular weight excluding hydrogens is 353 g/mol. The summed E-state index contributed by atoms with van der Waals surface area (Å²) in [6.45, 7) is 1.84. The molecule has 1 N–H and O–H groups in total. The van der Waals surface area contributed by atoms with Gasteiger partial charge in [0.05, 0.1) is 28.6 Å². The number of pyridine rings is 1. The quantitative estimate of drug-likeness (QED) is 0.810. The topological polar surface area (TPSA) is 55.1 Å². The minimum absolute atomic E-state index is 0.143. The Hall–Kier alpha value is -1.67. The summed E-state index contributed by atoms with van der Waals surface area (Å²) in [6, 6.07) is 4.21. The molecule has 0 radical (unpaired) electrons. The molecule has 2 rings (SSSR count). The van der Waals surface area contributed by atoms with E-state index < -0.39 is 17.0 Å². The summed E-state index contributed by atoms with van der Waals surface area (Å²) in [5.74, 6) is 0.297. The molecule has 2 aromatic heterocycles. The van der Waals surface area contributed by atoms with Crippen LogP contribution in [0.5, 0.6) is 0 Å². The van der Waals surface area contributed by atoms with Gasteiger partial charge in [0.2, 0.25) is 5.91 Å². The fourth-order valence-electron chi connectivity index (χ4n) is 1.62. The summed E-state index contributed by atoms with van der Waals surface area (Å²) in [5.41, 5.74) is -0.929. The van der Waals surface area contributed by atoms with Crippen LogP contribution in [0.2, 0.25) is 5.02 Å². The van der Waals surface area contributed by atoms with E-state index in [9.17, 15) is 18.0 Å². The predicted octanol–water partition coefficient (Wildman–Crippen LogP) is 4.14. The second kappa shape index (κ2) is 7.27. The van der Waals surface area contributed by atoms with E-state index in [1.807, 2.05) is 0 Å². The molecule has 4 nitrogen and oxygen atoms in total. The number of hydrogen-bond donors (Lipinski definition) is 1. The fraction of sp³-hybridized carbons (Fsp3) is 0.286. The van der Waals surface area contributed by atoms with Crippen molar-refractivity contribution in [3.05, 3.63) is 47.0 Å². The van der Waals surface area contributed by atoms with Crippen molar-refractivity contribution in [1.29, 1.82) is 0 Å². The van der Waals surface area contributed by atoms with E-state index >= 15 is 0 Å². The second-order valence-electron chi connectivity index (χ2n) is 4.57. The van der Waals surface area contributed by atoms with Gasteiger partial charge < -0.3 is 9.73 Å². The summed E-state index contributed by atoms with van der Waals surface area (Å²) < 4.78 is 42.7. The zero-order chi connectivity index (χ0) is 17.0. The number of furan rings is 1. The van der Waals surface area contributed by atoms with Crippen molar-refractivity contribution >= 4 is 29.3 Å². The van der Waals surface area contributed by atoms with Crippen molar-refractivity contribution < 1.29 is 22.4 Å². The lowest BCUT2D eigenvalue weighted by molar-refractivity contribution is -0.137. The van der Waals surface area contributed by atoms with E-state index in [2.05, 4.69) is 10.3 Å². The third kappa shape index (κ3) is 4.90. The molecule has 0 saturated heterocycles. The molecule has 0 aliphatic rings. The third-order valence-corrected chi connectivity index (χ3v) is 4.33. The van der Waals surface area contributed by atoms with Crippen LogP contribution >= 0.6 is 23.4 Å². The molecule has 1 amide bonds. The molecule has 2 heterocycles. The minimum atomic E-state index is -4.51. The fourth-order valence-corrected chi connectivity index (χ4v) is 2.73. The van der Waals surface area contributed by atoms with E-state index in [4.69, 9.17) is 16.0 Å². The molecule has 2 aromatic rings. The standard InChI is InChI=1S/C14H12ClF3N2O2S/c1-8(12(21)19-7-10-3-2-4-22-10)23-13-11(15)5-9(6-20-13)14(16,17)18/h2-6,8H,7H2,1H3,(H,19,21)/t8-/m1/s1. The summed E-state index contributed by atoms with van der Waals surface area (Å²) in [5, 5.41) is 2.10. The highest BCUT2D eigenvalue weighted by atomic mass is 35.5. The lowest BCUT2D eigenvalue weighted by atomic mass is 10.3. The number of rotatable bonds is 5. The average Bonchev–Trinajstić information content (AvgIpc) is 2.99. The molecule has 0 spiro atoms. The molecule has 124 valence electrons. The molecule has 0 aliphatic heterocycles. The average molecular weight is 365 g/mol. The number of halogens is 4. The Kier molecular flexibility index (Phi) is 5.59. The molecule has 0 saturated carbocycles. The molecule has 0 unspecified atom stereocenters. The van der Waals surface area contributed by atoms with Gasteiger partial charge in [-0.2, -0.15) is 13.2 Å². The van der Waals surface area contributed by atoms with Gasteiger partial charge in [0, 0.05) is 6.20 Å². The van der Waals surface area contributed by atoms with Crippen molar-refractivity contribution in [1.82, 2.24) is 10.3 Å². The molecule has 23 heavy (non-hydrogen) atoms. The Morgan fingerprint density at radius 2 is 2.26 bits per heavy atom. The third-order valence-electron chi connectivity index (χ3n) is 2.81. The summed E-state index contributed by atoms with van der Waals surface area (Å²) in [4.78, 5) is 15.6. The van der Waals surface area contributed by atoms with Crippen LogP contribution in [0.15, 0.2) is 40.1 Å². The molecule has 1 atom stereocenters. The van der Waals surface area contributed by atoms with Gasteiger partial charge in [-0.05, 0) is 25.1 Å². The number of carbonyl (C=O) groups excluding carboxylic acids is 1. The minimum Gasteiger partial charge on any atom is -0.467 e. The van der Waals surface area contributed by atoms with E-state index in [1.54, 1.807) is 19.1 Å². The summed E-state index contributed by atoms with van der Waals surface area (Å²) in [7, 11) is 0. The Morgan fingerprint density at radius 1 is 1.52 bits per heavy atom. The highest BCUT2D eigenvalue weighted by Crippen LogP contribution is 2.34. The maximum atomic E-state index is 12.5. The summed E-state index contributed by atoms with van der Waals surface area (Å²) >= 11 is 6.79. The van der Waals surface area contributed by atoms with Crippen LogP contribution in [-0.2, 0) is 17.5 Å². The molecule has 0 aliphatic carbocycles. The zero-order valence-electron chi connectivity index (χ0n) is 11.9. The van der Waals surface area contributed by atoms with Crippen molar-refractivity contribution in [2.75, 3.05) is 0 Å². The van der Waals surface area contributed by atoms with Crippen LogP contribution in [0, 0.1) is 0 Å². The van der Waals surface area contributed by atoms with Gasteiger partial charge in [-0.15, -0.1) is 0 Å². The molecule has 9 heteroatoms. The van der Waals surface area contributed by atoms with Crippen LogP contribution in [0.4, 0.5) is 13.2 Å². The van der Waals surface area contributed by atoms with E-state index in [0.717, 1.165) is 17.8 Å². The van der Waals surface area contributed by atoms with Gasteiger partial charge >= 0.3 is 6.18 Å². The second-order valence-corrected chi connectivity index (χ2v) is 6.30. The number of carbonyl (C=O) groups is 1. The number of nitrogens with one attached hydrogen (secondary N) is 1. The van der Waals surface area contributed by atoms with Crippen molar-refractivity contribution in [2.24, 2.45) is 0 Å². The highest BCUT2D eigenvalue weighted by Gasteiger charge is 2.32. The molecular formula is C14H12ClF3N2O2S. The van der Waals surface area contributed by atoms with Crippen LogP contribution in [0.3, 0.4) is 0 Å². The lowest BCUT2D eigenvalue weighted by Gasteiger charge is -2.13. The van der Waals surface area contributed by atoms with Crippen LogP contribution in [-0.4, -0.2) is 16.1 Å². The van der Waals surface area contributed by atoms with Crippen LogP contribution < -0.4 is 5.32 Å². The van der Waals surface area contributed by atoms with Gasteiger partial charge in [0.25, 0.3) is 0 Å². The molecule has 0 aromatic carbocycles. The normalized spacial score (nSPS) is 12.9. The molecule has 0 fully saturated rings. The zero-order valence-corrected chi connectivity index (χ0v) is 13.4. The van der Waals surface area contributed by atoms with E-state index in [-0.39, 0.29) is 22.5 Å². The van der Waals surface area contributed by atoms with Gasteiger partial charge in [0.15, 0.2) is 0 Å². The summed E-state index contributed by atoms with van der Waals surface area (Å²) in [6.07, 6.45) is -2.32.